The molecule has 1 amide bonds. The number of Topliss-reactive ketones (excluding diaryl/α,β-unsaturated/α-hetero) is 1. The Morgan fingerprint density at radius 3 is 2.44 bits per heavy atom. The number of halogens is 2. The van der Waals surface area contributed by atoms with Gasteiger partial charge in [0.05, 0.1) is 11.8 Å². The molecule has 1 aliphatic rings. The van der Waals surface area contributed by atoms with Gasteiger partial charge in [-0.2, -0.15) is 0 Å². The summed E-state index contributed by atoms with van der Waals surface area (Å²) in [4.78, 5) is 27.1. The molecule has 1 saturated heterocycles. The summed E-state index contributed by atoms with van der Waals surface area (Å²) in [7, 11) is 0. The quantitative estimate of drug-likeness (QED) is 0.270. The van der Waals surface area contributed by atoms with E-state index in [2.05, 4.69) is 0 Å². The molecule has 0 radical (unpaired) electrons. The van der Waals surface area contributed by atoms with Crippen LogP contribution in [-0.2, 0) is 9.59 Å². The predicted molar refractivity (Wildman–Crippen MR) is 114 cm³/mol. The topological polar surface area (TPSA) is 70.8 Å². The van der Waals surface area contributed by atoms with Gasteiger partial charge in [-0.1, -0.05) is 42.5 Å². The third-order valence-corrected chi connectivity index (χ3v) is 5.48. The zero-order valence-electron chi connectivity index (χ0n) is 16.5. The Labute approximate surface area is 180 Å². The molecule has 2 heterocycles. The molecule has 3 aromatic carbocycles. The molecule has 5 nitrogen and oxygen atoms in total. The molecule has 1 atom stereocenters. The summed E-state index contributed by atoms with van der Waals surface area (Å²) in [6, 6.07) is 17.3. The Morgan fingerprint density at radius 2 is 1.69 bits per heavy atom. The number of hydrogen-bond acceptors (Lipinski definition) is 4. The molecule has 0 spiro atoms. The first-order valence-electron chi connectivity index (χ1n) is 9.75. The van der Waals surface area contributed by atoms with Crippen molar-refractivity contribution >= 4 is 33.9 Å². The van der Waals surface area contributed by atoms with Gasteiger partial charge in [0.25, 0.3) is 11.7 Å². The highest BCUT2D eigenvalue weighted by molar-refractivity contribution is 6.51. The molecule has 158 valence electrons. The molecule has 0 aliphatic carbocycles. The maximum Gasteiger partial charge on any atom is 0.300 e. The maximum atomic E-state index is 13.9. The van der Waals surface area contributed by atoms with Crippen molar-refractivity contribution < 1.29 is 27.9 Å². The molecular formula is C25H15F2NO4. The summed E-state index contributed by atoms with van der Waals surface area (Å²) in [5, 5.41) is 12.8. The normalized spacial score (nSPS) is 17.9. The lowest BCUT2D eigenvalue weighted by atomic mass is 9.96. The predicted octanol–water partition coefficient (Wildman–Crippen LogP) is 5.34. The minimum Gasteiger partial charge on any atom is -0.507 e. The molecular weight excluding hydrogens is 416 g/mol. The zero-order chi connectivity index (χ0) is 22.4. The van der Waals surface area contributed by atoms with Crippen molar-refractivity contribution in [2.75, 3.05) is 4.90 Å². The van der Waals surface area contributed by atoms with Crippen LogP contribution in [0.5, 0.6) is 0 Å². The lowest BCUT2D eigenvalue weighted by molar-refractivity contribution is -0.132. The lowest BCUT2D eigenvalue weighted by Crippen LogP contribution is -2.29. The largest absolute Gasteiger partial charge is 0.507 e. The van der Waals surface area contributed by atoms with E-state index >= 15 is 0 Å². The fraction of sp³-hybridized carbons (Fsp3) is 0.0400. The fourth-order valence-corrected chi connectivity index (χ4v) is 4.03. The van der Waals surface area contributed by atoms with E-state index in [4.69, 9.17) is 4.42 Å². The van der Waals surface area contributed by atoms with E-state index in [0.29, 0.717) is 10.9 Å². The third-order valence-electron chi connectivity index (χ3n) is 5.48. The number of benzene rings is 3. The molecule has 5 rings (SSSR count). The van der Waals surface area contributed by atoms with Crippen LogP contribution in [0.1, 0.15) is 17.4 Å². The van der Waals surface area contributed by atoms with Crippen molar-refractivity contribution in [3.05, 3.63) is 108 Å². The number of nitrogens with zero attached hydrogens (tertiary/aromatic N) is 1. The van der Waals surface area contributed by atoms with Gasteiger partial charge < -0.3 is 9.52 Å². The van der Waals surface area contributed by atoms with Crippen molar-refractivity contribution in [3.63, 3.8) is 0 Å². The van der Waals surface area contributed by atoms with E-state index in [1.54, 1.807) is 36.4 Å². The van der Waals surface area contributed by atoms with Gasteiger partial charge in [0.1, 0.15) is 17.6 Å². The standard InChI is InChI=1S/C25H15F2NO4/c26-18-11-10-15(13-19(18)27)28-22(20-9-4-12-32-20)21(24(30)25(28)31)23(29)17-8-3-6-14-5-1-2-7-16(14)17/h1-13,22,29H/b23-21-. The molecule has 7 heteroatoms. The molecule has 0 saturated carbocycles. The molecule has 0 bridgehead atoms. The van der Waals surface area contributed by atoms with E-state index in [0.717, 1.165) is 22.4 Å². The number of carbonyl (C=O) groups is 2. The Morgan fingerprint density at radius 1 is 0.906 bits per heavy atom. The van der Waals surface area contributed by atoms with Crippen molar-refractivity contribution in [3.8, 4) is 0 Å². The molecule has 1 fully saturated rings. The maximum absolute atomic E-state index is 13.9. The monoisotopic (exact) mass is 431 g/mol. The highest BCUT2D eigenvalue weighted by Crippen LogP contribution is 2.43. The summed E-state index contributed by atoms with van der Waals surface area (Å²) in [5.74, 6) is -4.39. The molecule has 1 N–H and O–H groups in total. The van der Waals surface area contributed by atoms with E-state index in [1.165, 1.54) is 12.3 Å². The highest BCUT2D eigenvalue weighted by atomic mass is 19.2. The first-order chi connectivity index (χ1) is 15.5. The van der Waals surface area contributed by atoms with Crippen LogP contribution in [0.3, 0.4) is 0 Å². The van der Waals surface area contributed by atoms with Gasteiger partial charge in [0.2, 0.25) is 0 Å². The minimum absolute atomic E-state index is 0.0376. The van der Waals surface area contributed by atoms with Crippen LogP contribution in [0.25, 0.3) is 16.5 Å². The molecule has 1 aromatic heterocycles. The zero-order valence-corrected chi connectivity index (χ0v) is 16.5. The Kier molecular flexibility index (Phi) is 4.59. The second-order valence-electron chi connectivity index (χ2n) is 7.31. The van der Waals surface area contributed by atoms with Gasteiger partial charge in [-0.15, -0.1) is 0 Å². The van der Waals surface area contributed by atoms with Crippen LogP contribution in [-0.4, -0.2) is 16.8 Å². The van der Waals surface area contributed by atoms with Crippen molar-refractivity contribution in [1.29, 1.82) is 0 Å². The fourth-order valence-electron chi connectivity index (χ4n) is 4.03. The van der Waals surface area contributed by atoms with Crippen LogP contribution < -0.4 is 4.90 Å². The number of fused-ring (bicyclic) bond motifs is 1. The first kappa shape index (κ1) is 19.7. The van der Waals surface area contributed by atoms with Crippen molar-refractivity contribution in [1.82, 2.24) is 0 Å². The SMILES string of the molecule is O=C1C(=O)N(c2ccc(F)c(F)c2)C(c2ccco2)/C1=C(/O)c1cccc2ccccc12. The van der Waals surface area contributed by atoms with E-state index in [-0.39, 0.29) is 22.8 Å². The number of rotatable bonds is 3. The van der Waals surface area contributed by atoms with Crippen LogP contribution in [0, 0.1) is 11.6 Å². The summed E-state index contributed by atoms with van der Waals surface area (Å²) < 4.78 is 32.9. The smallest absolute Gasteiger partial charge is 0.300 e. The summed E-state index contributed by atoms with van der Waals surface area (Å²) in [5.41, 5.74) is 0.123. The average Bonchev–Trinajstić information content (AvgIpc) is 3.42. The minimum atomic E-state index is -1.17. The van der Waals surface area contributed by atoms with Gasteiger partial charge in [-0.25, -0.2) is 8.78 Å². The van der Waals surface area contributed by atoms with Crippen LogP contribution in [0.2, 0.25) is 0 Å². The first-order valence-corrected chi connectivity index (χ1v) is 9.75. The van der Waals surface area contributed by atoms with E-state index < -0.39 is 29.4 Å². The van der Waals surface area contributed by atoms with Crippen molar-refractivity contribution in [2.24, 2.45) is 0 Å². The molecule has 1 aliphatic heterocycles. The second kappa shape index (κ2) is 7.46. The Hall–Kier alpha value is -4.26. The number of hydrogen-bond donors (Lipinski definition) is 1. The number of aliphatic hydroxyl groups excluding tert-OH is 1. The number of amides is 1. The van der Waals surface area contributed by atoms with Gasteiger partial charge >= 0.3 is 0 Å². The van der Waals surface area contributed by atoms with Crippen molar-refractivity contribution in [2.45, 2.75) is 6.04 Å². The van der Waals surface area contributed by atoms with Crippen LogP contribution in [0.4, 0.5) is 14.5 Å². The number of carbonyl (C=O) groups excluding carboxylic acids is 2. The van der Waals surface area contributed by atoms with Gasteiger partial charge in [-0.3, -0.25) is 14.5 Å². The highest BCUT2D eigenvalue weighted by Gasteiger charge is 2.48. The molecule has 32 heavy (non-hydrogen) atoms. The number of anilines is 1. The summed E-state index contributed by atoms with van der Waals surface area (Å²) in [6.45, 7) is 0. The van der Waals surface area contributed by atoms with E-state index in [9.17, 15) is 23.5 Å². The van der Waals surface area contributed by atoms with Crippen LogP contribution in [0.15, 0.2) is 89.0 Å². The Bertz CT molecular complexity index is 1400. The number of aliphatic hydroxyl groups is 1. The third kappa shape index (κ3) is 2.98. The number of furan rings is 1. The van der Waals surface area contributed by atoms with E-state index in [1.807, 2.05) is 18.2 Å². The van der Waals surface area contributed by atoms with Crippen LogP contribution >= 0.6 is 0 Å². The van der Waals surface area contributed by atoms with Gasteiger partial charge in [0.15, 0.2) is 11.6 Å². The summed E-state index contributed by atoms with van der Waals surface area (Å²) >= 11 is 0. The Balaban J connectivity index is 1.76. The summed E-state index contributed by atoms with van der Waals surface area (Å²) in [6.07, 6.45) is 1.36. The molecule has 4 aromatic rings. The lowest BCUT2D eigenvalue weighted by Gasteiger charge is -2.23. The van der Waals surface area contributed by atoms with Gasteiger partial charge in [0, 0.05) is 17.3 Å². The molecule has 1 unspecified atom stereocenters. The number of ketones is 1. The van der Waals surface area contributed by atoms with Gasteiger partial charge in [-0.05, 0) is 35.0 Å². The average molecular weight is 431 g/mol. The second-order valence-corrected chi connectivity index (χ2v) is 7.31.